The number of rotatable bonds is 9. The van der Waals surface area contributed by atoms with Gasteiger partial charge in [-0.15, -0.1) is 0 Å². The van der Waals surface area contributed by atoms with Gasteiger partial charge in [-0.05, 0) is 13.0 Å². The van der Waals surface area contributed by atoms with Gasteiger partial charge in [0.25, 0.3) is 0 Å². The van der Waals surface area contributed by atoms with Crippen LogP contribution in [0.3, 0.4) is 0 Å². The molecule has 19 heavy (non-hydrogen) atoms. The van der Waals surface area contributed by atoms with Gasteiger partial charge in [-0.2, -0.15) is 4.98 Å². The third kappa shape index (κ3) is 7.24. The number of hydrogen-bond donors (Lipinski definition) is 2. The molecule has 1 aromatic rings. The largest absolute Gasteiger partial charge is 0.340 e. The third-order valence-corrected chi connectivity index (χ3v) is 3.85. The van der Waals surface area contributed by atoms with Gasteiger partial charge < -0.3 is 9.84 Å². The average molecular weight is 290 g/mol. The molecule has 1 rings (SSSR count). The van der Waals surface area contributed by atoms with E-state index >= 15 is 0 Å². The molecule has 0 unspecified atom stereocenters. The van der Waals surface area contributed by atoms with Gasteiger partial charge >= 0.3 is 0 Å². The molecule has 7 nitrogen and oxygen atoms in total. The Morgan fingerprint density at radius 2 is 2.05 bits per heavy atom. The van der Waals surface area contributed by atoms with Gasteiger partial charge in [0.1, 0.15) is 0 Å². The fraction of sp³-hybridized carbons (Fsp3) is 0.818. The Balaban J connectivity index is 2.19. The van der Waals surface area contributed by atoms with Crippen LogP contribution in [0.15, 0.2) is 4.52 Å². The van der Waals surface area contributed by atoms with Crippen molar-refractivity contribution >= 4 is 10.0 Å². The third-order valence-electron chi connectivity index (χ3n) is 2.38. The van der Waals surface area contributed by atoms with Crippen LogP contribution in [0.1, 0.15) is 32.0 Å². The predicted molar refractivity (Wildman–Crippen MR) is 72.3 cm³/mol. The Hall–Kier alpha value is -0.990. The summed E-state index contributed by atoms with van der Waals surface area (Å²) < 4.78 is 30.7. The molecule has 1 heterocycles. The molecule has 8 heteroatoms. The highest BCUT2D eigenvalue weighted by atomic mass is 32.2. The SMILES string of the molecule is Cc1nc(CCNS(=O)(=O)CCCNC(C)C)no1. The molecular formula is C11H22N4O3S. The lowest BCUT2D eigenvalue weighted by atomic mass is 10.4. The summed E-state index contributed by atoms with van der Waals surface area (Å²) >= 11 is 0. The molecule has 0 spiro atoms. The van der Waals surface area contributed by atoms with Crippen LogP contribution in [0, 0.1) is 6.92 Å². The summed E-state index contributed by atoms with van der Waals surface area (Å²) in [7, 11) is -3.22. The highest BCUT2D eigenvalue weighted by Crippen LogP contribution is 1.96. The number of aromatic nitrogens is 2. The zero-order chi connectivity index (χ0) is 14.3. The lowest BCUT2D eigenvalue weighted by Crippen LogP contribution is -2.31. The lowest BCUT2D eigenvalue weighted by Gasteiger charge is -2.08. The number of hydrogen-bond acceptors (Lipinski definition) is 6. The summed E-state index contributed by atoms with van der Waals surface area (Å²) in [6.07, 6.45) is 1.02. The van der Waals surface area contributed by atoms with Gasteiger partial charge in [-0.1, -0.05) is 19.0 Å². The molecule has 2 N–H and O–H groups in total. The Morgan fingerprint density at radius 3 is 2.63 bits per heavy atom. The van der Waals surface area contributed by atoms with Crippen LogP contribution in [-0.4, -0.2) is 43.4 Å². The topological polar surface area (TPSA) is 97.1 Å². The van der Waals surface area contributed by atoms with Crippen molar-refractivity contribution < 1.29 is 12.9 Å². The van der Waals surface area contributed by atoms with E-state index in [2.05, 4.69) is 20.2 Å². The van der Waals surface area contributed by atoms with Gasteiger partial charge in [0.05, 0.1) is 5.75 Å². The Labute approximate surface area is 114 Å². The van der Waals surface area contributed by atoms with Gasteiger partial charge in [0.15, 0.2) is 5.82 Å². The van der Waals surface area contributed by atoms with E-state index in [4.69, 9.17) is 4.52 Å². The number of sulfonamides is 1. The minimum Gasteiger partial charge on any atom is -0.340 e. The van der Waals surface area contributed by atoms with Crippen LogP contribution < -0.4 is 10.0 Å². The zero-order valence-corrected chi connectivity index (χ0v) is 12.5. The molecule has 0 amide bonds. The van der Waals surface area contributed by atoms with Crippen LogP contribution in [0.25, 0.3) is 0 Å². The minimum atomic E-state index is -3.22. The molecule has 0 radical (unpaired) electrons. The fourth-order valence-electron chi connectivity index (χ4n) is 1.49. The second-order valence-electron chi connectivity index (χ2n) is 4.66. The molecule has 0 aromatic carbocycles. The monoisotopic (exact) mass is 290 g/mol. The van der Waals surface area contributed by atoms with Gasteiger partial charge in [-0.25, -0.2) is 13.1 Å². The summed E-state index contributed by atoms with van der Waals surface area (Å²) in [6.45, 7) is 6.74. The summed E-state index contributed by atoms with van der Waals surface area (Å²) in [5, 5.41) is 6.88. The van der Waals surface area contributed by atoms with Crippen LogP contribution in [-0.2, 0) is 16.4 Å². The maximum Gasteiger partial charge on any atom is 0.223 e. The molecule has 0 saturated carbocycles. The summed E-state index contributed by atoms with van der Waals surface area (Å²) in [4.78, 5) is 4.00. The highest BCUT2D eigenvalue weighted by Gasteiger charge is 2.10. The molecule has 0 aliphatic rings. The van der Waals surface area contributed by atoms with Crippen molar-refractivity contribution in [3.8, 4) is 0 Å². The molecule has 110 valence electrons. The maximum absolute atomic E-state index is 11.7. The second-order valence-corrected chi connectivity index (χ2v) is 6.58. The molecule has 0 bridgehead atoms. The maximum atomic E-state index is 11.7. The molecule has 1 aromatic heterocycles. The fourth-order valence-corrected chi connectivity index (χ4v) is 2.57. The molecule has 0 saturated heterocycles. The molecule has 0 aliphatic carbocycles. The van der Waals surface area contributed by atoms with Crippen molar-refractivity contribution in [2.75, 3.05) is 18.8 Å². The van der Waals surface area contributed by atoms with Crippen molar-refractivity contribution in [1.82, 2.24) is 20.2 Å². The van der Waals surface area contributed by atoms with Crippen molar-refractivity contribution in [3.05, 3.63) is 11.7 Å². The smallest absolute Gasteiger partial charge is 0.223 e. The van der Waals surface area contributed by atoms with Crippen LogP contribution in [0.4, 0.5) is 0 Å². The lowest BCUT2D eigenvalue weighted by molar-refractivity contribution is 0.387. The Morgan fingerprint density at radius 1 is 1.32 bits per heavy atom. The molecular weight excluding hydrogens is 268 g/mol. The molecule has 0 aliphatic heterocycles. The van der Waals surface area contributed by atoms with Gasteiger partial charge in [-0.3, -0.25) is 0 Å². The van der Waals surface area contributed by atoms with Gasteiger partial charge in [0.2, 0.25) is 15.9 Å². The van der Waals surface area contributed by atoms with Crippen LogP contribution in [0.5, 0.6) is 0 Å². The van der Waals surface area contributed by atoms with Crippen molar-refractivity contribution in [2.45, 2.75) is 39.7 Å². The highest BCUT2D eigenvalue weighted by molar-refractivity contribution is 7.89. The van der Waals surface area contributed by atoms with E-state index in [1.165, 1.54) is 0 Å². The summed E-state index contributed by atoms with van der Waals surface area (Å²) in [6, 6.07) is 0.372. The van der Waals surface area contributed by atoms with Crippen LogP contribution in [0.2, 0.25) is 0 Å². The van der Waals surface area contributed by atoms with E-state index in [1.54, 1.807) is 6.92 Å². The zero-order valence-electron chi connectivity index (χ0n) is 11.6. The average Bonchev–Trinajstić information content (AvgIpc) is 2.70. The summed E-state index contributed by atoms with van der Waals surface area (Å²) in [5.41, 5.74) is 0. The van der Waals surface area contributed by atoms with E-state index in [0.717, 1.165) is 0 Å². The standard InChI is InChI=1S/C11H22N4O3S/c1-9(2)12-6-4-8-19(16,17)13-7-5-11-14-10(3)18-15-11/h9,12-13H,4-8H2,1-3H3. The first kappa shape index (κ1) is 16.1. The first-order valence-corrected chi connectivity index (χ1v) is 8.04. The first-order chi connectivity index (χ1) is 8.89. The normalized spacial score (nSPS) is 12.2. The van der Waals surface area contributed by atoms with E-state index in [-0.39, 0.29) is 5.75 Å². The minimum absolute atomic E-state index is 0.123. The molecule has 0 atom stereocenters. The molecule has 0 fully saturated rings. The quantitative estimate of drug-likeness (QED) is 0.632. The van der Waals surface area contributed by atoms with Crippen molar-refractivity contribution in [3.63, 3.8) is 0 Å². The predicted octanol–water partition coefficient (Wildman–Crippen LogP) is 0.228. The van der Waals surface area contributed by atoms with Crippen LogP contribution >= 0.6 is 0 Å². The van der Waals surface area contributed by atoms with Gasteiger partial charge in [0, 0.05) is 25.9 Å². The van der Waals surface area contributed by atoms with Crippen molar-refractivity contribution in [2.24, 2.45) is 0 Å². The number of nitrogens with one attached hydrogen (secondary N) is 2. The number of nitrogens with zero attached hydrogens (tertiary/aromatic N) is 2. The Bertz CT molecular complexity index is 470. The van der Waals surface area contributed by atoms with Crippen molar-refractivity contribution in [1.29, 1.82) is 0 Å². The van der Waals surface area contributed by atoms with E-state index < -0.39 is 10.0 Å². The Kier molecular flexibility index (Phi) is 6.40. The first-order valence-electron chi connectivity index (χ1n) is 6.39. The van der Waals surface area contributed by atoms with E-state index in [0.29, 0.717) is 43.7 Å². The second kappa shape index (κ2) is 7.56. The summed E-state index contributed by atoms with van der Waals surface area (Å²) in [5.74, 6) is 1.12. The van der Waals surface area contributed by atoms with E-state index in [9.17, 15) is 8.42 Å². The van der Waals surface area contributed by atoms with E-state index in [1.807, 2.05) is 13.8 Å². The number of aryl methyl sites for hydroxylation is 1.